The van der Waals surface area contributed by atoms with Crippen LogP contribution in [0, 0.1) is 0 Å². The fraction of sp³-hybridized carbons (Fsp3) is 0.565. The highest BCUT2D eigenvalue weighted by Gasteiger charge is 2.57. The molecule has 2 amide bonds. The molecule has 1 aromatic heterocycles. The number of rotatable bonds is 5. The van der Waals surface area contributed by atoms with Gasteiger partial charge in [0.1, 0.15) is 12.1 Å². The summed E-state index contributed by atoms with van der Waals surface area (Å²) in [4.78, 5) is 38.5. The first-order valence-corrected chi connectivity index (χ1v) is 11.3. The van der Waals surface area contributed by atoms with Crippen LogP contribution in [0.3, 0.4) is 0 Å². The van der Waals surface area contributed by atoms with Gasteiger partial charge in [-0.25, -0.2) is 14.4 Å². The van der Waals surface area contributed by atoms with Gasteiger partial charge in [0.25, 0.3) is 0 Å². The molecule has 10 heteroatoms. The van der Waals surface area contributed by atoms with Gasteiger partial charge in [0.2, 0.25) is 11.8 Å². The van der Waals surface area contributed by atoms with Gasteiger partial charge >= 0.3 is 0 Å². The number of amides is 2. The molecule has 9 nitrogen and oxygen atoms in total. The van der Waals surface area contributed by atoms with Crippen molar-refractivity contribution in [2.24, 2.45) is 10.7 Å². The van der Waals surface area contributed by atoms with Crippen molar-refractivity contribution in [1.29, 1.82) is 0 Å². The van der Waals surface area contributed by atoms with Crippen molar-refractivity contribution in [2.45, 2.75) is 56.9 Å². The molecule has 33 heavy (non-hydrogen) atoms. The van der Waals surface area contributed by atoms with Crippen molar-refractivity contribution in [3.63, 3.8) is 0 Å². The molecule has 0 radical (unpaired) electrons. The maximum atomic E-state index is 13.9. The number of nitrogens with zero attached hydrogens (tertiary/aromatic N) is 4. The van der Waals surface area contributed by atoms with Crippen LogP contribution in [0.5, 0.6) is 0 Å². The van der Waals surface area contributed by atoms with Gasteiger partial charge in [-0.3, -0.25) is 9.59 Å². The Balaban J connectivity index is 1.55. The van der Waals surface area contributed by atoms with E-state index in [9.17, 15) is 14.0 Å². The molecule has 0 bridgehead atoms. The van der Waals surface area contributed by atoms with E-state index >= 15 is 0 Å². The van der Waals surface area contributed by atoms with Crippen molar-refractivity contribution in [3.8, 4) is 0 Å². The number of aromatic nitrogens is 1. The van der Waals surface area contributed by atoms with E-state index in [1.54, 1.807) is 28.1 Å². The number of halogens is 1. The predicted molar refractivity (Wildman–Crippen MR) is 119 cm³/mol. The summed E-state index contributed by atoms with van der Waals surface area (Å²) in [6.45, 7) is 5.39. The number of carbonyl (C=O) groups excluding carboxylic acids is 2. The molecule has 3 heterocycles. The summed E-state index contributed by atoms with van der Waals surface area (Å²) in [5.41, 5.74) is 4.97. The van der Waals surface area contributed by atoms with Gasteiger partial charge in [-0.05, 0) is 38.3 Å². The Morgan fingerprint density at radius 2 is 1.97 bits per heavy atom. The average molecular weight is 460 g/mol. The minimum atomic E-state index is -0.886. The van der Waals surface area contributed by atoms with Crippen LogP contribution in [0.1, 0.15) is 51.1 Å². The number of nitrogens with two attached hydrogens (primary N) is 1. The Kier molecular flexibility index (Phi) is 6.49. The number of allylic oxidation sites excluding steroid dienone is 1. The van der Waals surface area contributed by atoms with E-state index in [0.29, 0.717) is 51.3 Å². The van der Waals surface area contributed by atoms with Crippen molar-refractivity contribution < 1.29 is 23.5 Å². The number of carbonyl (C=O) groups is 2. The summed E-state index contributed by atoms with van der Waals surface area (Å²) in [7, 11) is 0. The second-order valence-electron chi connectivity index (χ2n) is 8.65. The summed E-state index contributed by atoms with van der Waals surface area (Å²) in [6.07, 6.45) is 5.54. The smallest absolute Gasteiger partial charge is 0.249 e. The Bertz CT molecular complexity index is 948. The zero-order valence-corrected chi connectivity index (χ0v) is 19.0. The molecule has 0 unspecified atom stereocenters. The molecule has 2 N–H and O–H groups in total. The first kappa shape index (κ1) is 23.3. The largest absolute Gasteiger partial charge is 0.402 e. The zero-order chi connectivity index (χ0) is 23.6. The summed E-state index contributed by atoms with van der Waals surface area (Å²) in [6, 6.07) is 3.05. The third kappa shape index (κ3) is 4.24. The lowest BCUT2D eigenvalue weighted by Gasteiger charge is -2.54. The lowest BCUT2D eigenvalue weighted by atomic mass is 9.74. The fourth-order valence-corrected chi connectivity index (χ4v) is 5.10. The highest BCUT2D eigenvalue weighted by atomic mass is 19.1. The van der Waals surface area contributed by atoms with Crippen molar-refractivity contribution in [3.05, 3.63) is 35.9 Å². The summed E-state index contributed by atoms with van der Waals surface area (Å²) in [5, 5.41) is 0. The Labute approximate surface area is 192 Å². The molecule has 1 saturated carbocycles. The number of pyridine rings is 1. The molecule has 1 aliphatic carbocycles. The number of aliphatic imine (C=N–C) groups is 1. The highest BCUT2D eigenvalue weighted by molar-refractivity contribution is 5.98. The van der Waals surface area contributed by atoms with Gasteiger partial charge in [0.15, 0.2) is 17.4 Å². The van der Waals surface area contributed by atoms with Crippen molar-refractivity contribution in [1.82, 2.24) is 14.8 Å². The molecule has 4 rings (SSSR count). The topological polar surface area (TPSA) is 110 Å². The van der Waals surface area contributed by atoms with Crippen molar-refractivity contribution >= 4 is 23.8 Å². The summed E-state index contributed by atoms with van der Waals surface area (Å²) < 4.78 is 24.8. The molecule has 1 atom stereocenters. The maximum absolute atomic E-state index is 13.9. The van der Waals surface area contributed by atoms with E-state index in [1.807, 2.05) is 13.8 Å². The average Bonchev–Trinajstić information content (AvgIpc) is 3.30. The molecule has 2 spiro atoms. The van der Waals surface area contributed by atoms with Crippen LogP contribution in [0.4, 0.5) is 10.2 Å². The van der Waals surface area contributed by atoms with E-state index < -0.39 is 17.2 Å². The molecule has 0 aromatic carbocycles. The van der Waals surface area contributed by atoms with E-state index in [0.717, 1.165) is 18.0 Å². The molecule has 3 aliphatic rings. The van der Waals surface area contributed by atoms with Gasteiger partial charge in [0.05, 0.1) is 25.5 Å². The monoisotopic (exact) mass is 459 g/mol. The first-order chi connectivity index (χ1) is 15.8. The molecular weight excluding hydrogens is 429 g/mol. The molecule has 178 valence electrons. The Morgan fingerprint density at radius 3 is 2.55 bits per heavy atom. The van der Waals surface area contributed by atoms with E-state index in [4.69, 9.17) is 15.2 Å². The van der Waals surface area contributed by atoms with E-state index in [1.165, 1.54) is 0 Å². The quantitative estimate of drug-likeness (QED) is 0.677. The van der Waals surface area contributed by atoms with Gasteiger partial charge in [0, 0.05) is 31.8 Å². The number of hydrogen-bond donors (Lipinski definition) is 1. The SMILES string of the molecule is CCN1C(=O)CN([C@@H](C)c2ccc(N=CC(F)=CN)nc2)C(=O)C12CCC1(CC2)OCCO1. The Morgan fingerprint density at radius 1 is 1.27 bits per heavy atom. The summed E-state index contributed by atoms with van der Waals surface area (Å²) >= 11 is 0. The van der Waals surface area contributed by atoms with Crippen LogP contribution >= 0.6 is 0 Å². The third-order valence-corrected chi connectivity index (χ3v) is 6.95. The molecule has 2 aliphatic heterocycles. The van der Waals surface area contributed by atoms with Crippen LogP contribution in [-0.2, 0) is 19.1 Å². The zero-order valence-electron chi connectivity index (χ0n) is 19.0. The van der Waals surface area contributed by atoms with Crippen LogP contribution in [0.25, 0.3) is 0 Å². The molecule has 2 saturated heterocycles. The van der Waals surface area contributed by atoms with Gasteiger partial charge in [-0.15, -0.1) is 0 Å². The minimum absolute atomic E-state index is 0.0140. The lowest BCUT2D eigenvalue weighted by molar-refractivity contribution is -0.204. The third-order valence-electron chi connectivity index (χ3n) is 6.95. The molecule has 3 fully saturated rings. The predicted octanol–water partition coefficient (Wildman–Crippen LogP) is 2.36. The number of piperazine rings is 1. The van der Waals surface area contributed by atoms with Gasteiger partial charge < -0.3 is 25.0 Å². The molecule has 1 aromatic rings. The second-order valence-corrected chi connectivity index (χ2v) is 8.65. The Hall–Kier alpha value is -2.85. The minimum Gasteiger partial charge on any atom is -0.402 e. The fourth-order valence-electron chi connectivity index (χ4n) is 5.10. The van der Waals surface area contributed by atoms with Crippen LogP contribution in [0.15, 0.2) is 35.3 Å². The maximum Gasteiger partial charge on any atom is 0.249 e. The van der Waals surface area contributed by atoms with Gasteiger partial charge in [-0.1, -0.05) is 6.07 Å². The first-order valence-electron chi connectivity index (χ1n) is 11.3. The van der Waals surface area contributed by atoms with Gasteiger partial charge in [-0.2, -0.15) is 0 Å². The van der Waals surface area contributed by atoms with Crippen LogP contribution in [-0.4, -0.2) is 70.4 Å². The number of likely N-dealkylation sites (N-methyl/N-ethyl adjacent to an activating group) is 1. The normalized spacial score (nSPS) is 23.8. The number of hydrogen-bond acceptors (Lipinski definition) is 7. The molecular formula is C23H30FN5O4. The number of ether oxygens (including phenoxy) is 2. The highest BCUT2D eigenvalue weighted by Crippen LogP contribution is 2.46. The van der Waals surface area contributed by atoms with Crippen LogP contribution in [0.2, 0.25) is 0 Å². The van der Waals surface area contributed by atoms with E-state index in [2.05, 4.69) is 9.98 Å². The summed E-state index contributed by atoms with van der Waals surface area (Å²) in [5.74, 6) is -1.10. The van der Waals surface area contributed by atoms with E-state index in [-0.39, 0.29) is 24.4 Å². The lowest BCUT2D eigenvalue weighted by Crippen LogP contribution is -2.70. The second kappa shape index (κ2) is 9.18. The standard InChI is InChI=1S/C23H30FN5O4/c1-3-29-20(30)15-28(16(2)17-4-5-19(26-13-17)27-14-18(24)12-25)21(31)22(29)6-8-23(9-7-22)32-10-11-33-23/h4-5,12-14,16H,3,6-11,15,25H2,1-2H3/t16-/m0/s1. The van der Waals surface area contributed by atoms with Crippen molar-refractivity contribution in [2.75, 3.05) is 26.3 Å². The van der Waals surface area contributed by atoms with Crippen LogP contribution < -0.4 is 5.73 Å².